The van der Waals surface area contributed by atoms with Crippen LogP contribution in [0.4, 0.5) is 0 Å². The van der Waals surface area contributed by atoms with Crippen LogP contribution in [0.2, 0.25) is 0 Å². The second-order valence-electron chi connectivity index (χ2n) is 9.28. The topological polar surface area (TPSA) is 65.5 Å². The van der Waals surface area contributed by atoms with Gasteiger partial charge in [0.15, 0.2) is 0 Å². The van der Waals surface area contributed by atoms with Gasteiger partial charge in [0.25, 0.3) is 0 Å². The Balaban J connectivity index is 1.61. The van der Waals surface area contributed by atoms with Crippen molar-refractivity contribution in [1.29, 1.82) is 0 Å². The zero-order valence-corrected chi connectivity index (χ0v) is 22.0. The quantitative estimate of drug-likeness (QED) is 0.445. The maximum atomic E-state index is 12.1. The molecule has 1 N–H and O–H groups in total. The number of fused-ring (bicyclic) bond motifs is 2. The molecule has 0 radical (unpaired) electrons. The van der Waals surface area contributed by atoms with Crippen LogP contribution in [0.3, 0.4) is 0 Å². The third kappa shape index (κ3) is 4.72. The van der Waals surface area contributed by atoms with Gasteiger partial charge in [-0.05, 0) is 53.7 Å². The maximum Gasteiger partial charge on any atom is 0.211 e. The largest absolute Gasteiger partial charge is 0.368 e. The summed E-state index contributed by atoms with van der Waals surface area (Å²) < 4.78 is 26.8. The minimum Gasteiger partial charge on any atom is -0.368 e. The summed E-state index contributed by atoms with van der Waals surface area (Å²) in [5.41, 5.74) is 7.57. The SMILES string of the molecule is CS(=O)(=O)N1CCC(C2c3ccc(CI)cc3C=C(N3CCNCC3)c3cccnc32)CC1. The fourth-order valence-corrected chi connectivity index (χ4v) is 6.90. The summed E-state index contributed by atoms with van der Waals surface area (Å²) >= 11 is 2.43. The van der Waals surface area contributed by atoms with Gasteiger partial charge in [0.05, 0.1) is 11.9 Å². The number of hydrogen-bond donors (Lipinski definition) is 1. The van der Waals surface area contributed by atoms with E-state index in [0.29, 0.717) is 19.0 Å². The van der Waals surface area contributed by atoms with E-state index in [4.69, 9.17) is 4.98 Å². The zero-order valence-electron chi connectivity index (χ0n) is 19.0. The van der Waals surface area contributed by atoms with Gasteiger partial charge in [-0.1, -0.05) is 40.8 Å². The molecule has 1 atom stereocenters. The number of piperidine rings is 1. The van der Waals surface area contributed by atoms with E-state index < -0.39 is 10.0 Å². The number of pyridine rings is 1. The predicted molar refractivity (Wildman–Crippen MR) is 142 cm³/mol. The molecule has 8 heteroatoms. The smallest absolute Gasteiger partial charge is 0.211 e. The lowest BCUT2D eigenvalue weighted by molar-refractivity contribution is 0.256. The molecule has 0 amide bonds. The standard InChI is InChI=1S/C25H31IN4O2S/c1-33(31,32)30-11-6-19(7-12-30)24-21-5-4-18(17-26)15-20(21)16-23(29-13-9-27-10-14-29)22-3-2-8-28-25(22)24/h2-5,8,15-16,19,24,27H,6-7,9-14,17H2,1H3. The first kappa shape index (κ1) is 23.3. The minimum atomic E-state index is -3.15. The van der Waals surface area contributed by atoms with E-state index in [1.54, 1.807) is 4.31 Å². The third-order valence-corrected chi connectivity index (χ3v) is 9.42. The summed E-state index contributed by atoms with van der Waals surface area (Å²) in [6.45, 7) is 5.11. The molecule has 1 aliphatic carbocycles. The van der Waals surface area contributed by atoms with Crippen LogP contribution in [0.5, 0.6) is 0 Å². The molecule has 33 heavy (non-hydrogen) atoms. The van der Waals surface area contributed by atoms with Crippen LogP contribution in [0.1, 0.15) is 46.7 Å². The Morgan fingerprint density at radius 1 is 1.12 bits per heavy atom. The van der Waals surface area contributed by atoms with Crippen LogP contribution >= 0.6 is 22.6 Å². The first-order valence-electron chi connectivity index (χ1n) is 11.7. The van der Waals surface area contributed by atoms with Crippen molar-refractivity contribution in [2.45, 2.75) is 23.2 Å². The van der Waals surface area contributed by atoms with Crippen LogP contribution in [0, 0.1) is 5.92 Å². The second-order valence-corrected chi connectivity index (χ2v) is 12.0. The van der Waals surface area contributed by atoms with Gasteiger partial charge in [-0.3, -0.25) is 4.98 Å². The number of piperazine rings is 1. The Labute approximate surface area is 210 Å². The van der Waals surface area contributed by atoms with E-state index >= 15 is 0 Å². The molecule has 0 spiro atoms. The van der Waals surface area contributed by atoms with Crippen molar-refractivity contribution < 1.29 is 8.42 Å². The van der Waals surface area contributed by atoms with E-state index in [9.17, 15) is 8.42 Å². The van der Waals surface area contributed by atoms with Gasteiger partial charge in [0, 0.05) is 67.1 Å². The summed E-state index contributed by atoms with van der Waals surface area (Å²) in [4.78, 5) is 7.47. The summed E-state index contributed by atoms with van der Waals surface area (Å²) in [5, 5.41) is 3.47. The first-order chi connectivity index (χ1) is 16.0. The van der Waals surface area contributed by atoms with Crippen LogP contribution in [0.15, 0.2) is 36.5 Å². The third-order valence-electron chi connectivity index (χ3n) is 7.24. The maximum absolute atomic E-state index is 12.1. The highest BCUT2D eigenvalue weighted by atomic mass is 127. The molecule has 0 saturated carbocycles. The van der Waals surface area contributed by atoms with E-state index in [2.05, 4.69) is 63.1 Å². The lowest BCUT2D eigenvalue weighted by Gasteiger charge is -2.36. The number of aromatic nitrogens is 1. The van der Waals surface area contributed by atoms with Crippen molar-refractivity contribution in [3.8, 4) is 0 Å². The van der Waals surface area contributed by atoms with E-state index in [1.165, 1.54) is 34.2 Å². The Hall–Kier alpha value is -1.49. The fraction of sp³-hybridized carbons (Fsp3) is 0.480. The number of alkyl halides is 1. The average Bonchev–Trinajstić information content (AvgIpc) is 2.98. The Bertz CT molecular complexity index is 1150. The highest BCUT2D eigenvalue weighted by molar-refractivity contribution is 14.1. The van der Waals surface area contributed by atoms with Crippen molar-refractivity contribution in [1.82, 2.24) is 19.5 Å². The lowest BCUT2D eigenvalue weighted by atomic mass is 9.76. The number of rotatable bonds is 4. The normalized spacial score (nSPS) is 22.3. The van der Waals surface area contributed by atoms with Crippen molar-refractivity contribution in [2.24, 2.45) is 5.92 Å². The number of sulfonamides is 1. The molecule has 2 fully saturated rings. The number of hydrogen-bond acceptors (Lipinski definition) is 5. The van der Waals surface area contributed by atoms with Crippen LogP contribution < -0.4 is 5.32 Å². The summed E-state index contributed by atoms with van der Waals surface area (Å²) in [5.74, 6) is 0.523. The van der Waals surface area contributed by atoms with Crippen molar-refractivity contribution in [3.05, 3.63) is 64.5 Å². The van der Waals surface area contributed by atoms with Gasteiger partial charge in [-0.15, -0.1) is 0 Å². The summed E-state index contributed by atoms with van der Waals surface area (Å²) in [6, 6.07) is 11.2. The van der Waals surface area contributed by atoms with Gasteiger partial charge < -0.3 is 10.2 Å². The molecular weight excluding hydrogens is 547 g/mol. The molecule has 3 heterocycles. The van der Waals surface area contributed by atoms with Gasteiger partial charge in [-0.25, -0.2) is 12.7 Å². The lowest BCUT2D eigenvalue weighted by Crippen LogP contribution is -2.42. The highest BCUT2D eigenvalue weighted by Crippen LogP contribution is 2.45. The molecule has 5 rings (SSSR count). The van der Waals surface area contributed by atoms with Gasteiger partial charge in [-0.2, -0.15) is 0 Å². The van der Waals surface area contributed by atoms with Crippen LogP contribution in [0.25, 0.3) is 11.8 Å². The molecule has 1 aromatic carbocycles. The van der Waals surface area contributed by atoms with Crippen LogP contribution in [-0.2, 0) is 14.5 Å². The molecule has 176 valence electrons. The van der Waals surface area contributed by atoms with E-state index in [0.717, 1.165) is 49.1 Å². The van der Waals surface area contributed by atoms with Gasteiger partial charge >= 0.3 is 0 Å². The fourth-order valence-electron chi connectivity index (χ4n) is 5.56. The van der Waals surface area contributed by atoms with Crippen LogP contribution in [-0.4, -0.2) is 68.1 Å². The summed E-state index contributed by atoms with van der Waals surface area (Å²) in [6.07, 6.45) is 7.31. The molecule has 0 bridgehead atoms. The Morgan fingerprint density at radius 2 is 1.88 bits per heavy atom. The van der Waals surface area contributed by atoms with Crippen molar-refractivity contribution in [2.75, 3.05) is 45.5 Å². The van der Waals surface area contributed by atoms with Crippen molar-refractivity contribution >= 4 is 44.4 Å². The van der Waals surface area contributed by atoms with Gasteiger partial charge in [0.1, 0.15) is 0 Å². The molecule has 3 aliphatic rings. The molecule has 2 saturated heterocycles. The van der Waals surface area contributed by atoms with Crippen molar-refractivity contribution in [3.63, 3.8) is 0 Å². The zero-order chi connectivity index (χ0) is 23.0. The molecule has 2 aliphatic heterocycles. The Kier molecular flexibility index (Phi) is 6.79. The molecule has 2 aromatic rings. The number of halogens is 1. The second kappa shape index (κ2) is 9.64. The number of nitrogens with one attached hydrogen (secondary N) is 1. The predicted octanol–water partition coefficient (Wildman–Crippen LogP) is 3.54. The molecule has 6 nitrogen and oxygen atoms in total. The number of benzene rings is 1. The number of nitrogens with zero attached hydrogens (tertiary/aromatic N) is 3. The molecule has 1 unspecified atom stereocenters. The molecule has 1 aromatic heterocycles. The van der Waals surface area contributed by atoms with E-state index in [-0.39, 0.29) is 5.92 Å². The van der Waals surface area contributed by atoms with E-state index in [1.807, 2.05) is 12.3 Å². The molecular formula is C25H31IN4O2S. The average molecular weight is 579 g/mol. The first-order valence-corrected chi connectivity index (χ1v) is 15.1. The monoisotopic (exact) mass is 578 g/mol. The highest BCUT2D eigenvalue weighted by Gasteiger charge is 2.36. The summed E-state index contributed by atoms with van der Waals surface area (Å²) in [7, 11) is -3.15. The minimum absolute atomic E-state index is 0.165. The van der Waals surface area contributed by atoms with Gasteiger partial charge in [0.2, 0.25) is 10.0 Å². The Morgan fingerprint density at radius 3 is 2.58 bits per heavy atom.